The zero-order chi connectivity index (χ0) is 20.2. The molecule has 8 heteroatoms. The van der Waals surface area contributed by atoms with Crippen LogP contribution in [0, 0.1) is 6.92 Å². The van der Waals surface area contributed by atoms with Gasteiger partial charge in [0.2, 0.25) is 5.82 Å². The number of aryl methyl sites for hydroxylation is 1. The molecule has 2 heterocycles. The van der Waals surface area contributed by atoms with Crippen molar-refractivity contribution in [2.24, 2.45) is 0 Å². The first kappa shape index (κ1) is 18.4. The Morgan fingerprint density at radius 2 is 1.93 bits per heavy atom. The Bertz CT molecular complexity index is 1210. The zero-order valence-corrected chi connectivity index (χ0v) is 15.5. The second kappa shape index (κ2) is 7.97. The minimum atomic E-state index is -0.602. The predicted octanol–water partition coefficient (Wildman–Crippen LogP) is 3.27. The summed E-state index contributed by atoms with van der Waals surface area (Å²) in [6.45, 7) is 1.34. The molecule has 0 aliphatic carbocycles. The minimum absolute atomic E-state index is 0.159. The van der Waals surface area contributed by atoms with Gasteiger partial charge in [0.15, 0.2) is 13.2 Å². The molecule has 29 heavy (non-hydrogen) atoms. The minimum Gasteiger partial charge on any atom is -0.482 e. The lowest BCUT2D eigenvalue weighted by atomic mass is 10.1. The van der Waals surface area contributed by atoms with E-state index in [0.29, 0.717) is 17.2 Å². The van der Waals surface area contributed by atoms with E-state index < -0.39 is 11.6 Å². The van der Waals surface area contributed by atoms with Crippen molar-refractivity contribution in [2.75, 3.05) is 6.61 Å². The number of ether oxygens (including phenoxy) is 2. The third-order valence-corrected chi connectivity index (χ3v) is 4.14. The fourth-order valence-corrected chi connectivity index (χ4v) is 2.74. The van der Waals surface area contributed by atoms with Gasteiger partial charge in [0.1, 0.15) is 11.3 Å². The van der Waals surface area contributed by atoms with Crippen LogP contribution in [0.3, 0.4) is 0 Å². The molecule has 0 aliphatic heterocycles. The van der Waals surface area contributed by atoms with Crippen LogP contribution in [0.4, 0.5) is 0 Å². The first-order chi connectivity index (χ1) is 14.1. The molecular weight excluding hydrogens is 376 g/mol. The highest BCUT2D eigenvalue weighted by atomic mass is 16.6. The van der Waals surface area contributed by atoms with Crippen molar-refractivity contribution in [1.29, 1.82) is 0 Å². The number of rotatable bonds is 6. The molecule has 2 aromatic heterocycles. The fourth-order valence-electron chi connectivity index (χ4n) is 2.74. The van der Waals surface area contributed by atoms with Crippen molar-refractivity contribution in [3.63, 3.8) is 0 Å². The largest absolute Gasteiger partial charge is 0.482 e. The molecule has 4 rings (SSSR count). The summed E-state index contributed by atoms with van der Waals surface area (Å²) in [6.07, 6.45) is 0. The van der Waals surface area contributed by atoms with Crippen LogP contribution < -0.4 is 10.4 Å². The molecule has 0 spiro atoms. The Morgan fingerprint density at radius 3 is 2.76 bits per heavy atom. The van der Waals surface area contributed by atoms with E-state index in [4.69, 9.17) is 18.4 Å². The van der Waals surface area contributed by atoms with Gasteiger partial charge in [0, 0.05) is 23.1 Å². The first-order valence-electron chi connectivity index (χ1n) is 8.79. The third kappa shape index (κ3) is 4.32. The van der Waals surface area contributed by atoms with Crippen LogP contribution in [-0.2, 0) is 16.1 Å². The lowest BCUT2D eigenvalue weighted by Gasteiger charge is -2.07. The van der Waals surface area contributed by atoms with E-state index in [1.165, 1.54) is 6.07 Å². The van der Waals surface area contributed by atoms with E-state index in [9.17, 15) is 9.59 Å². The lowest BCUT2D eigenvalue weighted by molar-refractivity contribution is -0.148. The molecule has 0 atom stereocenters. The fraction of sp³-hybridized carbons (Fsp3) is 0.143. The Labute approximate surface area is 164 Å². The number of carbonyl (C=O) groups is 1. The van der Waals surface area contributed by atoms with E-state index >= 15 is 0 Å². The molecule has 0 aliphatic rings. The second-order valence-electron chi connectivity index (χ2n) is 6.23. The number of nitrogens with zero attached hydrogens (tertiary/aromatic N) is 2. The topological polar surface area (TPSA) is 105 Å². The van der Waals surface area contributed by atoms with Gasteiger partial charge in [-0.2, -0.15) is 4.98 Å². The highest BCUT2D eigenvalue weighted by Gasteiger charge is 2.12. The Hall–Kier alpha value is -3.94. The maximum Gasteiger partial charge on any atom is 0.344 e. The quantitative estimate of drug-likeness (QED) is 0.364. The molecule has 4 aromatic rings. The predicted molar refractivity (Wildman–Crippen MR) is 102 cm³/mol. The van der Waals surface area contributed by atoms with E-state index in [0.717, 1.165) is 16.5 Å². The van der Waals surface area contributed by atoms with E-state index in [-0.39, 0.29) is 19.1 Å². The zero-order valence-electron chi connectivity index (χ0n) is 15.5. The lowest BCUT2D eigenvalue weighted by Crippen LogP contribution is -2.14. The molecule has 0 amide bonds. The summed E-state index contributed by atoms with van der Waals surface area (Å²) in [7, 11) is 0. The number of hydrogen-bond acceptors (Lipinski definition) is 8. The normalized spacial score (nSPS) is 10.8. The van der Waals surface area contributed by atoms with Crippen molar-refractivity contribution in [3.05, 3.63) is 76.5 Å². The maximum absolute atomic E-state index is 11.9. The van der Waals surface area contributed by atoms with E-state index in [1.54, 1.807) is 18.2 Å². The molecule has 2 aromatic carbocycles. The SMILES string of the molecule is Cc1cc(=O)oc2cc(OCC(=O)OCc3nc(-c4ccccc4)no3)ccc12. The Morgan fingerprint density at radius 1 is 1.10 bits per heavy atom. The van der Waals surface area contributed by atoms with Gasteiger partial charge in [-0.3, -0.25) is 0 Å². The number of benzene rings is 2. The number of hydrogen-bond donors (Lipinski definition) is 0. The maximum atomic E-state index is 11.9. The van der Waals surface area contributed by atoms with Gasteiger partial charge in [0.05, 0.1) is 0 Å². The standard InChI is InChI=1S/C21H16N2O6/c1-13-9-19(24)28-17-10-15(7-8-16(13)17)26-12-20(25)27-11-18-22-21(23-29-18)14-5-3-2-4-6-14/h2-10H,11-12H2,1H3. The summed E-state index contributed by atoms with van der Waals surface area (Å²) in [5, 5.41) is 4.65. The summed E-state index contributed by atoms with van der Waals surface area (Å²) in [4.78, 5) is 27.6. The summed E-state index contributed by atoms with van der Waals surface area (Å²) in [6, 6.07) is 15.7. The van der Waals surface area contributed by atoms with Crippen molar-refractivity contribution in [3.8, 4) is 17.1 Å². The van der Waals surface area contributed by atoms with Crippen LogP contribution in [0.1, 0.15) is 11.5 Å². The molecule has 0 fully saturated rings. The van der Waals surface area contributed by atoms with Gasteiger partial charge < -0.3 is 18.4 Å². The average Bonchev–Trinajstić information content (AvgIpc) is 3.20. The average molecular weight is 392 g/mol. The van der Waals surface area contributed by atoms with Crippen LogP contribution in [0.5, 0.6) is 5.75 Å². The van der Waals surface area contributed by atoms with Crippen LogP contribution in [0.15, 0.2) is 68.3 Å². The van der Waals surface area contributed by atoms with Crippen molar-refractivity contribution in [2.45, 2.75) is 13.5 Å². The van der Waals surface area contributed by atoms with Gasteiger partial charge in [-0.1, -0.05) is 35.5 Å². The van der Waals surface area contributed by atoms with Crippen molar-refractivity contribution >= 4 is 16.9 Å². The summed E-state index contributed by atoms with van der Waals surface area (Å²) in [5.41, 5.74) is 1.55. The van der Waals surface area contributed by atoms with Crippen LogP contribution in [0.2, 0.25) is 0 Å². The first-order valence-corrected chi connectivity index (χ1v) is 8.79. The number of carbonyl (C=O) groups excluding carboxylic acids is 1. The molecule has 0 radical (unpaired) electrons. The van der Waals surface area contributed by atoms with Crippen molar-refractivity contribution in [1.82, 2.24) is 10.1 Å². The molecule has 146 valence electrons. The molecule has 0 bridgehead atoms. The Balaban J connectivity index is 1.33. The molecule has 0 saturated carbocycles. The number of fused-ring (bicyclic) bond motifs is 1. The summed E-state index contributed by atoms with van der Waals surface area (Å²) < 4.78 is 20.7. The van der Waals surface area contributed by atoms with Gasteiger partial charge >= 0.3 is 11.6 Å². The van der Waals surface area contributed by atoms with Crippen molar-refractivity contribution < 1.29 is 23.2 Å². The molecule has 0 unspecified atom stereocenters. The second-order valence-corrected chi connectivity index (χ2v) is 6.23. The highest BCUT2D eigenvalue weighted by molar-refractivity contribution is 5.81. The van der Waals surface area contributed by atoms with Crippen LogP contribution in [-0.4, -0.2) is 22.7 Å². The van der Waals surface area contributed by atoms with Crippen LogP contribution in [0.25, 0.3) is 22.4 Å². The molecular formula is C21H16N2O6. The molecule has 0 saturated heterocycles. The van der Waals surface area contributed by atoms with Crippen LogP contribution >= 0.6 is 0 Å². The smallest absolute Gasteiger partial charge is 0.344 e. The van der Waals surface area contributed by atoms with Gasteiger partial charge in [-0.05, 0) is 24.6 Å². The number of aromatic nitrogens is 2. The van der Waals surface area contributed by atoms with E-state index in [2.05, 4.69) is 10.1 Å². The van der Waals surface area contributed by atoms with Gasteiger partial charge in [-0.15, -0.1) is 0 Å². The third-order valence-electron chi connectivity index (χ3n) is 4.14. The molecule has 0 N–H and O–H groups in total. The summed E-state index contributed by atoms with van der Waals surface area (Å²) >= 11 is 0. The monoisotopic (exact) mass is 392 g/mol. The van der Waals surface area contributed by atoms with Gasteiger partial charge in [0.25, 0.3) is 5.89 Å². The summed E-state index contributed by atoms with van der Waals surface area (Å²) in [5.74, 6) is 0.378. The number of esters is 1. The van der Waals surface area contributed by atoms with E-state index in [1.807, 2.05) is 37.3 Å². The van der Waals surface area contributed by atoms with Gasteiger partial charge in [-0.25, -0.2) is 9.59 Å². The highest BCUT2D eigenvalue weighted by Crippen LogP contribution is 2.22. The Kier molecular flexibility index (Phi) is 5.07. The molecule has 8 nitrogen and oxygen atoms in total.